The van der Waals surface area contributed by atoms with Crippen LogP contribution in [0.4, 0.5) is 0 Å². The van der Waals surface area contributed by atoms with E-state index in [0.717, 1.165) is 116 Å². The third-order valence-corrected chi connectivity index (χ3v) is 20.3. The molecule has 0 aliphatic carbocycles. The van der Waals surface area contributed by atoms with Gasteiger partial charge in [0, 0.05) is 84.9 Å². The van der Waals surface area contributed by atoms with E-state index in [1.54, 1.807) is 23.5 Å². The summed E-state index contributed by atoms with van der Waals surface area (Å²) in [5, 5.41) is 16.4. The first-order chi connectivity index (χ1) is 42.2. The Morgan fingerprint density at radius 2 is 0.765 bits per heavy atom. The lowest BCUT2D eigenvalue weighted by atomic mass is 9.91. The molecule has 5 aromatic heterocycles. The minimum absolute atomic E-state index is 0.662. The van der Waals surface area contributed by atoms with Crippen LogP contribution in [0.25, 0.3) is 171 Å². The first-order valence-corrected chi connectivity index (χ1v) is 30.3. The molecule has 0 spiro atoms. The molecule has 20 rings (SSSR count). The molecule has 0 fully saturated rings. The van der Waals surface area contributed by atoms with E-state index < -0.39 is 0 Å². The molecule has 0 N–H and O–H groups in total. The molecule has 392 valence electrons. The van der Waals surface area contributed by atoms with Crippen molar-refractivity contribution < 1.29 is 0 Å². The SMILES string of the molecule is c1cc(-c2ccc3c(ccc4c3c3ccccc3c3c5ccccc5n(-c5nc6c7c(cccc7n5)Sc5ccccc5-6)c43)c2)cc(-n2c3ccccc3c3c2ccc2c4ccccc4n(-c4nc5c6c(cccc6n4)Sc4ccccc4-5)c23)c1. The summed E-state index contributed by atoms with van der Waals surface area (Å²) in [7, 11) is 0. The largest absolute Gasteiger partial charge is 0.309 e. The molecule has 0 unspecified atom stereocenters. The summed E-state index contributed by atoms with van der Waals surface area (Å²) in [6, 6.07) is 90.7. The summed E-state index contributed by atoms with van der Waals surface area (Å²) in [6.45, 7) is 0. The van der Waals surface area contributed by atoms with Gasteiger partial charge in [-0.25, -0.2) is 19.9 Å². The van der Waals surface area contributed by atoms with Gasteiger partial charge in [0.25, 0.3) is 0 Å². The molecule has 0 radical (unpaired) electrons. The van der Waals surface area contributed by atoms with E-state index in [-0.39, 0.29) is 0 Å². The normalized spacial score (nSPS) is 12.8. The molecule has 85 heavy (non-hydrogen) atoms. The Morgan fingerprint density at radius 3 is 1.44 bits per heavy atom. The van der Waals surface area contributed by atoms with Gasteiger partial charge in [0.1, 0.15) is 0 Å². The quantitative estimate of drug-likeness (QED) is 0.164. The first kappa shape index (κ1) is 46.0. The number of nitrogens with zero attached hydrogens (tertiary/aromatic N) is 7. The van der Waals surface area contributed by atoms with Gasteiger partial charge in [0.15, 0.2) is 0 Å². The van der Waals surface area contributed by atoms with Crippen molar-refractivity contribution in [3.8, 4) is 51.2 Å². The minimum atomic E-state index is 0.662. The lowest BCUT2D eigenvalue weighted by Crippen LogP contribution is -2.06. The molecular formula is C76H41N7S2. The average molecular weight is 1120 g/mol. The number of benzene rings is 13. The standard InChI is InChI=1S/C76H41N7S2/c1-2-20-49-48(19-1)66-46-36-34-43(40-44(46)35-37-55(66)74-67(49)51-21-4-10-29-60(51)83(74)76-78-57-26-15-33-65-70(57)72(80-76)54-24-7-12-31-63(54)85-65)42-16-13-17-45(41-42)81-59-28-9-5-22-52(59)68-61(81)39-38-50-47-18-3-8-27-58(47)82(73(50)68)75-77-56-25-14-32-64-69(56)71(79-75)53-23-6-11-30-62(53)84-64/h1-41H. The van der Waals surface area contributed by atoms with E-state index in [1.165, 1.54) is 62.7 Å². The van der Waals surface area contributed by atoms with Crippen molar-refractivity contribution in [2.45, 2.75) is 19.6 Å². The van der Waals surface area contributed by atoms with Crippen LogP contribution in [0.3, 0.4) is 0 Å². The highest BCUT2D eigenvalue weighted by molar-refractivity contribution is 8.00. The number of para-hydroxylation sites is 3. The Labute approximate surface area is 493 Å². The summed E-state index contributed by atoms with van der Waals surface area (Å²) in [6.07, 6.45) is 0. The third-order valence-electron chi connectivity index (χ3n) is 18.0. The van der Waals surface area contributed by atoms with Gasteiger partial charge in [-0.05, 0) is 117 Å². The Hall–Kier alpha value is -10.6. The minimum Gasteiger partial charge on any atom is -0.309 e. The predicted octanol–water partition coefficient (Wildman–Crippen LogP) is 20.3. The maximum Gasteiger partial charge on any atom is 0.235 e. The summed E-state index contributed by atoms with van der Waals surface area (Å²) in [5.74, 6) is 1.33. The summed E-state index contributed by atoms with van der Waals surface area (Å²) < 4.78 is 7.09. The summed E-state index contributed by atoms with van der Waals surface area (Å²) >= 11 is 3.59. The van der Waals surface area contributed by atoms with Crippen molar-refractivity contribution in [1.29, 1.82) is 0 Å². The lowest BCUT2D eigenvalue weighted by molar-refractivity contribution is 1.01. The zero-order valence-electron chi connectivity index (χ0n) is 45.1. The number of aromatic nitrogens is 7. The number of fused-ring (bicyclic) bond motifs is 21. The summed E-state index contributed by atoms with van der Waals surface area (Å²) in [4.78, 5) is 26.8. The van der Waals surface area contributed by atoms with Gasteiger partial charge in [-0.1, -0.05) is 193 Å². The zero-order chi connectivity index (χ0) is 55.2. The summed E-state index contributed by atoms with van der Waals surface area (Å²) in [5.41, 5.74) is 16.1. The predicted molar refractivity (Wildman–Crippen MR) is 353 cm³/mol. The fraction of sp³-hybridized carbons (Fsp3) is 0. The molecule has 0 saturated heterocycles. The Morgan fingerprint density at radius 1 is 0.271 bits per heavy atom. The lowest BCUT2D eigenvalue weighted by Gasteiger charge is -2.20. The van der Waals surface area contributed by atoms with Crippen LogP contribution in [0.5, 0.6) is 0 Å². The highest BCUT2D eigenvalue weighted by Crippen LogP contribution is 2.51. The number of rotatable bonds is 4. The van der Waals surface area contributed by atoms with Crippen LogP contribution in [-0.2, 0) is 0 Å². The van der Waals surface area contributed by atoms with E-state index >= 15 is 0 Å². The highest BCUT2D eigenvalue weighted by atomic mass is 32.2. The van der Waals surface area contributed by atoms with E-state index in [4.69, 9.17) is 19.9 Å². The maximum absolute atomic E-state index is 5.56. The van der Waals surface area contributed by atoms with Crippen molar-refractivity contribution in [1.82, 2.24) is 33.6 Å². The van der Waals surface area contributed by atoms with Gasteiger partial charge in [0.05, 0.1) is 55.5 Å². The van der Waals surface area contributed by atoms with Gasteiger partial charge in [-0.15, -0.1) is 0 Å². The van der Waals surface area contributed by atoms with Crippen LogP contribution in [0.15, 0.2) is 268 Å². The van der Waals surface area contributed by atoms with Crippen LogP contribution < -0.4 is 0 Å². The molecule has 0 amide bonds. The van der Waals surface area contributed by atoms with Crippen molar-refractivity contribution in [2.75, 3.05) is 0 Å². The smallest absolute Gasteiger partial charge is 0.235 e. The zero-order valence-corrected chi connectivity index (χ0v) is 46.8. The molecular weight excluding hydrogens is 1080 g/mol. The van der Waals surface area contributed by atoms with Gasteiger partial charge in [-0.2, -0.15) is 0 Å². The van der Waals surface area contributed by atoms with Gasteiger partial charge in [-0.3, -0.25) is 9.13 Å². The Balaban J connectivity index is 0.778. The second kappa shape index (κ2) is 17.0. The monoisotopic (exact) mass is 1120 g/mol. The van der Waals surface area contributed by atoms with Crippen LogP contribution >= 0.6 is 23.5 Å². The fourth-order valence-corrected chi connectivity index (χ4v) is 16.7. The Kier molecular flexibility index (Phi) is 9.20. The molecule has 2 aliphatic heterocycles. The molecule has 13 aromatic carbocycles. The van der Waals surface area contributed by atoms with Crippen LogP contribution in [-0.4, -0.2) is 33.6 Å². The van der Waals surface area contributed by atoms with Crippen molar-refractivity contribution in [3.05, 3.63) is 249 Å². The molecule has 7 nitrogen and oxygen atoms in total. The van der Waals surface area contributed by atoms with Crippen molar-refractivity contribution >= 4 is 143 Å². The molecule has 0 bridgehead atoms. The second-order valence-corrected chi connectivity index (χ2v) is 24.6. The van der Waals surface area contributed by atoms with E-state index in [0.29, 0.717) is 11.9 Å². The van der Waals surface area contributed by atoms with Gasteiger partial charge in [0.2, 0.25) is 11.9 Å². The maximum atomic E-state index is 5.56. The molecule has 2 aliphatic rings. The molecule has 0 saturated carbocycles. The number of hydrogen-bond donors (Lipinski definition) is 0. The first-order valence-electron chi connectivity index (χ1n) is 28.7. The van der Waals surface area contributed by atoms with E-state index in [9.17, 15) is 0 Å². The van der Waals surface area contributed by atoms with E-state index in [2.05, 4.69) is 262 Å². The van der Waals surface area contributed by atoms with Crippen LogP contribution in [0.1, 0.15) is 0 Å². The Bertz CT molecular complexity index is 6070. The molecule has 0 atom stereocenters. The third kappa shape index (κ3) is 6.27. The van der Waals surface area contributed by atoms with E-state index in [1.807, 2.05) is 0 Å². The molecule has 9 heteroatoms. The van der Waals surface area contributed by atoms with Crippen molar-refractivity contribution in [3.63, 3.8) is 0 Å². The van der Waals surface area contributed by atoms with Crippen LogP contribution in [0, 0.1) is 0 Å². The van der Waals surface area contributed by atoms with Gasteiger partial charge >= 0.3 is 0 Å². The number of hydrogen-bond acceptors (Lipinski definition) is 6. The molecule has 18 aromatic rings. The van der Waals surface area contributed by atoms with Crippen LogP contribution in [0.2, 0.25) is 0 Å². The van der Waals surface area contributed by atoms with Gasteiger partial charge < -0.3 is 4.57 Å². The average Bonchev–Trinajstić information content (AvgIpc) is 1.80. The molecule has 7 heterocycles. The second-order valence-electron chi connectivity index (χ2n) is 22.4. The highest BCUT2D eigenvalue weighted by Gasteiger charge is 2.29. The van der Waals surface area contributed by atoms with Crippen molar-refractivity contribution in [2.24, 2.45) is 0 Å². The topological polar surface area (TPSA) is 66.3 Å². The fourth-order valence-electron chi connectivity index (χ4n) is 14.5.